The molecule has 0 radical (unpaired) electrons. The minimum atomic E-state index is -0.682. The van der Waals surface area contributed by atoms with Crippen LogP contribution in [0.2, 0.25) is 0 Å². The number of carbonyl (C=O) groups excluding carboxylic acids is 2. The highest BCUT2D eigenvalue weighted by atomic mass is 16.5. The molecular weight excluding hydrogens is 232 g/mol. The van der Waals surface area contributed by atoms with Crippen LogP contribution in [-0.4, -0.2) is 26.2 Å². The summed E-state index contributed by atoms with van der Waals surface area (Å²) in [5.74, 6) is -1.61. The molecule has 94 valence electrons. The molecule has 0 fully saturated rings. The third kappa shape index (κ3) is 1.70. The minimum Gasteiger partial charge on any atom is -0.468 e. The fraction of sp³-hybridized carbons (Fsp3) is 0.286. The van der Waals surface area contributed by atoms with Crippen LogP contribution in [0, 0.1) is 0 Å². The number of hydrogen-bond donors (Lipinski definition) is 0. The molecule has 4 heteroatoms. The van der Waals surface area contributed by atoms with Crippen molar-refractivity contribution in [3.63, 3.8) is 0 Å². The van der Waals surface area contributed by atoms with E-state index >= 15 is 0 Å². The number of esters is 2. The smallest absolute Gasteiger partial charge is 0.335 e. The fourth-order valence-electron chi connectivity index (χ4n) is 2.35. The largest absolute Gasteiger partial charge is 0.468 e. The highest BCUT2D eigenvalue weighted by Crippen LogP contribution is 2.42. The number of allylic oxidation sites excluding steroid dienone is 1. The van der Waals surface area contributed by atoms with E-state index in [-0.39, 0.29) is 0 Å². The van der Waals surface area contributed by atoms with Gasteiger partial charge in [0.1, 0.15) is 5.92 Å². The average Bonchev–Trinajstić information content (AvgIpc) is 2.71. The Labute approximate surface area is 105 Å². The predicted octanol–water partition coefficient (Wildman–Crippen LogP) is 1.90. The molecule has 0 heterocycles. The quantitative estimate of drug-likeness (QED) is 0.748. The summed E-state index contributed by atoms with van der Waals surface area (Å²) in [7, 11) is 2.62. The summed E-state index contributed by atoms with van der Waals surface area (Å²) in [6.07, 6.45) is 0. The van der Waals surface area contributed by atoms with Gasteiger partial charge >= 0.3 is 11.9 Å². The Kier molecular flexibility index (Phi) is 3.19. The van der Waals surface area contributed by atoms with Crippen LogP contribution in [0.5, 0.6) is 0 Å². The Balaban J connectivity index is 2.61. The summed E-state index contributed by atoms with van der Waals surface area (Å²) >= 11 is 0. The van der Waals surface area contributed by atoms with Gasteiger partial charge in [-0.1, -0.05) is 24.3 Å². The normalized spacial score (nSPS) is 17.4. The first-order valence-corrected chi connectivity index (χ1v) is 5.58. The summed E-state index contributed by atoms with van der Waals surface area (Å²) in [6, 6.07) is 7.42. The van der Waals surface area contributed by atoms with Gasteiger partial charge in [-0.15, -0.1) is 0 Å². The SMILES string of the molecule is COC(=O)C1=C(C)c2ccccc2C1C(=O)OC. The maximum atomic E-state index is 11.9. The van der Waals surface area contributed by atoms with E-state index in [1.165, 1.54) is 14.2 Å². The van der Waals surface area contributed by atoms with Crippen LogP contribution in [0.4, 0.5) is 0 Å². The molecule has 0 amide bonds. The number of rotatable bonds is 2. The topological polar surface area (TPSA) is 52.6 Å². The molecule has 1 aliphatic carbocycles. The first kappa shape index (κ1) is 12.4. The van der Waals surface area contributed by atoms with Crippen molar-refractivity contribution >= 4 is 17.5 Å². The van der Waals surface area contributed by atoms with E-state index in [4.69, 9.17) is 9.47 Å². The van der Waals surface area contributed by atoms with Gasteiger partial charge in [0.05, 0.1) is 19.8 Å². The zero-order valence-corrected chi connectivity index (χ0v) is 10.5. The standard InChI is InChI=1S/C14H14O4/c1-8-9-6-4-5-7-10(9)12(14(16)18-3)11(8)13(15)17-2/h4-7,12H,1-3H3. The Morgan fingerprint density at radius 3 is 2.39 bits per heavy atom. The van der Waals surface area contributed by atoms with Gasteiger partial charge in [0.2, 0.25) is 0 Å². The number of methoxy groups -OCH3 is 2. The minimum absolute atomic E-state index is 0.366. The van der Waals surface area contributed by atoms with Gasteiger partial charge in [-0.3, -0.25) is 4.79 Å². The summed E-state index contributed by atoms with van der Waals surface area (Å²) < 4.78 is 9.54. The van der Waals surface area contributed by atoms with Gasteiger partial charge in [0, 0.05) is 0 Å². The molecule has 18 heavy (non-hydrogen) atoms. The predicted molar refractivity (Wildman–Crippen MR) is 65.8 cm³/mol. The van der Waals surface area contributed by atoms with Crippen molar-refractivity contribution in [2.45, 2.75) is 12.8 Å². The van der Waals surface area contributed by atoms with Crippen molar-refractivity contribution < 1.29 is 19.1 Å². The molecule has 1 aliphatic rings. The third-order valence-electron chi connectivity index (χ3n) is 3.21. The monoisotopic (exact) mass is 246 g/mol. The van der Waals surface area contributed by atoms with Crippen molar-refractivity contribution in [3.8, 4) is 0 Å². The number of hydrogen-bond acceptors (Lipinski definition) is 4. The highest BCUT2D eigenvalue weighted by molar-refractivity contribution is 6.08. The lowest BCUT2D eigenvalue weighted by Gasteiger charge is -2.12. The van der Waals surface area contributed by atoms with E-state index in [1.54, 1.807) is 0 Å². The molecule has 0 spiro atoms. The Morgan fingerprint density at radius 1 is 1.11 bits per heavy atom. The summed E-state index contributed by atoms with van der Waals surface area (Å²) in [4.78, 5) is 23.7. The Bertz CT molecular complexity index is 542. The second-order valence-corrected chi connectivity index (χ2v) is 4.07. The first-order valence-electron chi connectivity index (χ1n) is 5.58. The Hall–Kier alpha value is -2.10. The van der Waals surface area contributed by atoms with Crippen molar-refractivity contribution in [2.24, 2.45) is 0 Å². The lowest BCUT2D eigenvalue weighted by molar-refractivity contribution is -0.144. The highest BCUT2D eigenvalue weighted by Gasteiger charge is 2.39. The van der Waals surface area contributed by atoms with Gasteiger partial charge in [-0.2, -0.15) is 0 Å². The van der Waals surface area contributed by atoms with Gasteiger partial charge in [-0.25, -0.2) is 4.79 Å². The summed E-state index contributed by atoms with van der Waals surface area (Å²) in [5, 5.41) is 0. The lowest BCUT2D eigenvalue weighted by Crippen LogP contribution is -2.20. The van der Waals surface area contributed by atoms with E-state index in [0.29, 0.717) is 5.57 Å². The van der Waals surface area contributed by atoms with Crippen molar-refractivity contribution in [1.29, 1.82) is 0 Å². The van der Waals surface area contributed by atoms with Crippen molar-refractivity contribution in [2.75, 3.05) is 14.2 Å². The molecule has 1 unspecified atom stereocenters. The van der Waals surface area contributed by atoms with Gasteiger partial charge in [-0.05, 0) is 23.6 Å². The van der Waals surface area contributed by atoms with Crippen molar-refractivity contribution in [3.05, 3.63) is 41.0 Å². The van der Waals surface area contributed by atoms with E-state index in [1.807, 2.05) is 31.2 Å². The molecule has 0 saturated heterocycles. The third-order valence-corrected chi connectivity index (χ3v) is 3.21. The van der Waals surface area contributed by atoms with Gasteiger partial charge in [0.15, 0.2) is 0 Å². The molecule has 1 aromatic rings. The molecule has 0 aromatic heterocycles. The molecule has 1 aromatic carbocycles. The summed E-state index contributed by atoms with van der Waals surface area (Å²) in [6.45, 7) is 1.81. The van der Waals surface area contributed by atoms with Gasteiger partial charge in [0.25, 0.3) is 0 Å². The molecule has 0 saturated carbocycles. The van der Waals surface area contributed by atoms with Crippen LogP contribution in [0.15, 0.2) is 29.8 Å². The van der Waals surface area contributed by atoms with E-state index < -0.39 is 17.9 Å². The molecular formula is C14H14O4. The Morgan fingerprint density at radius 2 is 1.78 bits per heavy atom. The average molecular weight is 246 g/mol. The van der Waals surface area contributed by atoms with Crippen LogP contribution >= 0.6 is 0 Å². The second kappa shape index (κ2) is 4.64. The van der Waals surface area contributed by atoms with Gasteiger partial charge < -0.3 is 9.47 Å². The number of carbonyl (C=O) groups is 2. The van der Waals surface area contributed by atoms with Crippen LogP contribution in [0.1, 0.15) is 24.0 Å². The zero-order valence-electron chi connectivity index (χ0n) is 10.5. The second-order valence-electron chi connectivity index (χ2n) is 4.07. The molecule has 0 bridgehead atoms. The molecule has 1 atom stereocenters. The van der Waals surface area contributed by atoms with Crippen LogP contribution in [-0.2, 0) is 19.1 Å². The molecule has 0 N–H and O–H groups in total. The van der Waals surface area contributed by atoms with E-state index in [0.717, 1.165) is 16.7 Å². The fourth-order valence-corrected chi connectivity index (χ4v) is 2.35. The number of benzene rings is 1. The zero-order chi connectivity index (χ0) is 13.3. The first-order chi connectivity index (χ1) is 8.61. The lowest BCUT2D eigenvalue weighted by atomic mass is 9.96. The van der Waals surface area contributed by atoms with Crippen LogP contribution < -0.4 is 0 Å². The van der Waals surface area contributed by atoms with Crippen LogP contribution in [0.25, 0.3) is 5.57 Å². The molecule has 2 rings (SSSR count). The van der Waals surface area contributed by atoms with Crippen LogP contribution in [0.3, 0.4) is 0 Å². The molecule has 4 nitrogen and oxygen atoms in total. The summed E-state index contributed by atoms with van der Waals surface area (Å²) in [5.41, 5.74) is 2.83. The number of fused-ring (bicyclic) bond motifs is 1. The maximum Gasteiger partial charge on any atom is 0.335 e. The maximum absolute atomic E-state index is 11.9. The number of ether oxygens (including phenoxy) is 2. The van der Waals surface area contributed by atoms with Crippen molar-refractivity contribution in [1.82, 2.24) is 0 Å². The van der Waals surface area contributed by atoms with E-state index in [9.17, 15) is 9.59 Å². The molecule has 0 aliphatic heterocycles. The van der Waals surface area contributed by atoms with E-state index in [2.05, 4.69) is 0 Å².